The van der Waals surface area contributed by atoms with Crippen molar-refractivity contribution in [2.75, 3.05) is 25.0 Å². The number of nitrogens with zero attached hydrogens (tertiary/aromatic N) is 1. The lowest BCUT2D eigenvalue weighted by Gasteiger charge is -2.24. The van der Waals surface area contributed by atoms with Gasteiger partial charge in [0, 0.05) is 12.2 Å². The van der Waals surface area contributed by atoms with Crippen LogP contribution in [0.5, 0.6) is 5.75 Å². The Kier molecular flexibility index (Phi) is 5.52. The highest BCUT2D eigenvalue weighted by atomic mass is 16.6. The average molecular weight is 320 g/mol. The first-order chi connectivity index (χ1) is 10.7. The van der Waals surface area contributed by atoms with E-state index in [9.17, 15) is 9.90 Å². The van der Waals surface area contributed by atoms with Crippen LogP contribution in [0.15, 0.2) is 18.2 Å². The van der Waals surface area contributed by atoms with E-state index in [1.54, 1.807) is 18.2 Å². The van der Waals surface area contributed by atoms with Gasteiger partial charge in [0.05, 0.1) is 0 Å². The van der Waals surface area contributed by atoms with E-state index in [0.717, 1.165) is 25.2 Å². The molecule has 1 saturated heterocycles. The molecule has 0 spiro atoms. The Balaban J connectivity index is 2.11. The van der Waals surface area contributed by atoms with E-state index in [1.807, 2.05) is 20.8 Å². The van der Waals surface area contributed by atoms with Crippen molar-refractivity contribution in [3.8, 4) is 5.75 Å². The molecule has 23 heavy (non-hydrogen) atoms. The molecule has 0 radical (unpaired) electrons. The van der Waals surface area contributed by atoms with Gasteiger partial charge in [0.1, 0.15) is 11.4 Å². The molecular formula is C18H28N2O3. The Labute approximate surface area is 138 Å². The molecule has 0 aromatic heterocycles. The summed E-state index contributed by atoms with van der Waals surface area (Å²) in [5.74, 6) is 0.424. The van der Waals surface area contributed by atoms with Crippen LogP contribution in [0.2, 0.25) is 0 Å². The van der Waals surface area contributed by atoms with Crippen LogP contribution < -0.4 is 5.32 Å². The van der Waals surface area contributed by atoms with Crippen molar-refractivity contribution in [2.45, 2.75) is 52.1 Å². The van der Waals surface area contributed by atoms with Crippen molar-refractivity contribution in [3.05, 3.63) is 23.8 Å². The smallest absolute Gasteiger partial charge is 0.412 e. The van der Waals surface area contributed by atoms with Gasteiger partial charge in [-0.2, -0.15) is 0 Å². The number of phenolic OH excluding ortho intramolecular Hbond substituents is 1. The number of ether oxygens (including phenoxy) is 1. The molecule has 0 bridgehead atoms. The van der Waals surface area contributed by atoms with Crippen molar-refractivity contribution in [3.63, 3.8) is 0 Å². The van der Waals surface area contributed by atoms with Crippen LogP contribution in [0.1, 0.15) is 52.0 Å². The molecule has 2 rings (SSSR count). The van der Waals surface area contributed by atoms with Gasteiger partial charge in [-0.1, -0.05) is 6.92 Å². The van der Waals surface area contributed by atoms with Gasteiger partial charge >= 0.3 is 6.09 Å². The maximum Gasteiger partial charge on any atom is 0.412 e. The number of rotatable bonds is 4. The van der Waals surface area contributed by atoms with Gasteiger partial charge in [-0.3, -0.25) is 5.32 Å². The maximum absolute atomic E-state index is 12.0. The van der Waals surface area contributed by atoms with Gasteiger partial charge in [0.25, 0.3) is 0 Å². The molecule has 2 N–H and O–H groups in total. The lowest BCUT2D eigenvalue weighted by molar-refractivity contribution is 0.0635. The van der Waals surface area contributed by atoms with E-state index in [-0.39, 0.29) is 11.7 Å². The van der Waals surface area contributed by atoms with E-state index < -0.39 is 11.7 Å². The van der Waals surface area contributed by atoms with Crippen LogP contribution in [0.25, 0.3) is 0 Å². The Hall–Kier alpha value is -1.75. The fourth-order valence-corrected chi connectivity index (χ4v) is 2.94. The summed E-state index contributed by atoms with van der Waals surface area (Å²) >= 11 is 0. The van der Waals surface area contributed by atoms with Crippen molar-refractivity contribution >= 4 is 11.8 Å². The van der Waals surface area contributed by atoms with E-state index >= 15 is 0 Å². The summed E-state index contributed by atoms with van der Waals surface area (Å²) in [6, 6.07) is 5.04. The summed E-state index contributed by atoms with van der Waals surface area (Å²) in [6.07, 6.45) is 2.02. The number of aromatic hydroxyl groups is 1. The van der Waals surface area contributed by atoms with E-state index in [4.69, 9.17) is 4.74 Å². The Morgan fingerprint density at radius 2 is 2.00 bits per heavy atom. The van der Waals surface area contributed by atoms with Crippen LogP contribution >= 0.6 is 0 Å². The Morgan fingerprint density at radius 1 is 1.35 bits per heavy atom. The minimum absolute atomic E-state index is 0.211. The van der Waals surface area contributed by atoms with Gasteiger partial charge < -0.3 is 14.7 Å². The number of likely N-dealkylation sites (tertiary alicyclic amines) is 1. The highest BCUT2D eigenvalue weighted by Gasteiger charge is 2.21. The summed E-state index contributed by atoms with van der Waals surface area (Å²) in [6.45, 7) is 10.8. The number of anilines is 1. The second-order valence-electron chi connectivity index (χ2n) is 7.31. The zero-order valence-electron chi connectivity index (χ0n) is 14.6. The summed E-state index contributed by atoms with van der Waals surface area (Å²) in [7, 11) is 0. The molecule has 1 aromatic carbocycles. The normalized spacial score (nSPS) is 17.0. The molecule has 1 amide bonds. The molecule has 0 aliphatic carbocycles. The molecule has 1 unspecified atom stereocenters. The Morgan fingerprint density at radius 3 is 2.61 bits per heavy atom. The number of carbonyl (C=O) groups excluding carboxylic acids is 1. The SMILES string of the molecule is CC(CN1CCCC1)c1cc(O)ccc1NC(=O)OC(C)(C)C. The number of phenols is 1. The summed E-state index contributed by atoms with van der Waals surface area (Å²) in [5, 5.41) is 12.6. The third-order valence-corrected chi connectivity index (χ3v) is 3.93. The third kappa shape index (κ3) is 5.43. The largest absolute Gasteiger partial charge is 0.508 e. The number of nitrogens with one attached hydrogen (secondary N) is 1. The van der Waals surface area contributed by atoms with E-state index in [0.29, 0.717) is 5.69 Å². The molecule has 1 aliphatic heterocycles. The van der Waals surface area contributed by atoms with Gasteiger partial charge in [-0.25, -0.2) is 4.79 Å². The average Bonchev–Trinajstić information content (AvgIpc) is 2.91. The summed E-state index contributed by atoms with van der Waals surface area (Å²) in [4.78, 5) is 14.4. The van der Waals surface area contributed by atoms with Crippen molar-refractivity contribution in [1.29, 1.82) is 0 Å². The predicted molar refractivity (Wildman–Crippen MR) is 92.1 cm³/mol. The van der Waals surface area contributed by atoms with Crippen molar-refractivity contribution < 1.29 is 14.6 Å². The number of amides is 1. The zero-order valence-corrected chi connectivity index (χ0v) is 14.6. The highest BCUT2D eigenvalue weighted by molar-refractivity contribution is 5.86. The number of carbonyl (C=O) groups is 1. The van der Waals surface area contributed by atoms with Gasteiger partial charge in [-0.15, -0.1) is 0 Å². The first-order valence-corrected chi connectivity index (χ1v) is 8.30. The van der Waals surface area contributed by atoms with Crippen LogP contribution in [0.4, 0.5) is 10.5 Å². The number of hydrogen-bond donors (Lipinski definition) is 2. The lowest BCUT2D eigenvalue weighted by Crippen LogP contribution is -2.28. The maximum atomic E-state index is 12.0. The van der Waals surface area contributed by atoms with Crippen LogP contribution in [0.3, 0.4) is 0 Å². The molecule has 1 fully saturated rings. The number of hydrogen-bond acceptors (Lipinski definition) is 4. The second kappa shape index (κ2) is 7.21. The molecule has 5 heteroatoms. The molecule has 5 nitrogen and oxygen atoms in total. The summed E-state index contributed by atoms with van der Waals surface area (Å²) < 4.78 is 5.32. The van der Waals surface area contributed by atoms with Crippen molar-refractivity contribution in [1.82, 2.24) is 4.90 Å². The van der Waals surface area contributed by atoms with Gasteiger partial charge in [-0.05, 0) is 76.4 Å². The fraction of sp³-hybridized carbons (Fsp3) is 0.611. The van der Waals surface area contributed by atoms with Crippen LogP contribution in [-0.4, -0.2) is 41.3 Å². The lowest BCUT2D eigenvalue weighted by atomic mass is 9.98. The third-order valence-electron chi connectivity index (χ3n) is 3.93. The van der Waals surface area contributed by atoms with Crippen molar-refractivity contribution in [2.24, 2.45) is 0 Å². The standard InChI is InChI=1S/C18H28N2O3/c1-13(12-20-9-5-6-10-20)15-11-14(21)7-8-16(15)19-17(22)23-18(2,3)4/h7-8,11,13,21H,5-6,9-10,12H2,1-4H3,(H,19,22). The van der Waals surface area contributed by atoms with Crippen LogP contribution in [-0.2, 0) is 4.74 Å². The molecule has 1 aliphatic rings. The van der Waals surface area contributed by atoms with E-state index in [2.05, 4.69) is 17.1 Å². The first-order valence-electron chi connectivity index (χ1n) is 8.30. The monoisotopic (exact) mass is 320 g/mol. The first kappa shape index (κ1) is 17.6. The molecule has 1 heterocycles. The quantitative estimate of drug-likeness (QED) is 0.825. The minimum atomic E-state index is -0.539. The van der Waals surface area contributed by atoms with Gasteiger partial charge in [0.2, 0.25) is 0 Å². The van der Waals surface area contributed by atoms with Gasteiger partial charge in [0.15, 0.2) is 0 Å². The summed E-state index contributed by atoms with van der Waals surface area (Å²) in [5.41, 5.74) is 1.09. The topological polar surface area (TPSA) is 61.8 Å². The number of benzene rings is 1. The van der Waals surface area contributed by atoms with Crippen LogP contribution in [0, 0.1) is 0 Å². The molecule has 0 saturated carbocycles. The molecule has 128 valence electrons. The minimum Gasteiger partial charge on any atom is -0.508 e. The predicted octanol–water partition coefficient (Wildman–Crippen LogP) is 3.94. The molecule has 1 aromatic rings. The second-order valence-corrected chi connectivity index (χ2v) is 7.31. The zero-order chi connectivity index (χ0) is 17.0. The van der Waals surface area contributed by atoms with E-state index in [1.165, 1.54) is 12.8 Å². The molecule has 1 atom stereocenters. The highest BCUT2D eigenvalue weighted by Crippen LogP contribution is 2.30. The fourth-order valence-electron chi connectivity index (χ4n) is 2.94. The Bertz CT molecular complexity index is 546. The molecular weight excluding hydrogens is 292 g/mol.